The molecule has 0 fully saturated rings. The Morgan fingerprint density at radius 2 is 0.374 bits per heavy atom. The van der Waals surface area contributed by atoms with Crippen LogP contribution in [0.3, 0.4) is 0 Å². The number of aryl methyl sites for hydroxylation is 2. The van der Waals surface area contributed by atoms with Crippen LogP contribution in [0.4, 0.5) is 68.2 Å². The highest BCUT2D eigenvalue weighted by Crippen LogP contribution is 2.42. The van der Waals surface area contributed by atoms with Gasteiger partial charge in [-0.15, -0.1) is 0 Å². The summed E-state index contributed by atoms with van der Waals surface area (Å²) in [5.74, 6) is 4.48. The molecule has 0 aromatic heterocycles. The van der Waals surface area contributed by atoms with Crippen molar-refractivity contribution in [2.24, 2.45) is 0 Å². The van der Waals surface area contributed by atoms with E-state index < -0.39 is 6.15 Å². The molecule has 0 bridgehead atoms. The van der Waals surface area contributed by atoms with Crippen LogP contribution in [0, 0.1) is 13.8 Å². The summed E-state index contributed by atoms with van der Waals surface area (Å²) in [5.41, 5.74) is 18.3. The Morgan fingerprint density at radius 3 is 0.549 bits per heavy atom. The first-order valence-electron chi connectivity index (χ1n) is 30.4. The van der Waals surface area contributed by atoms with E-state index in [1.54, 1.807) is 42.7 Å². The van der Waals surface area contributed by atoms with Crippen LogP contribution in [0.2, 0.25) is 0 Å². The molecule has 12 aromatic rings. The first-order valence-corrected chi connectivity index (χ1v) is 30.4. The van der Waals surface area contributed by atoms with Gasteiger partial charge in [0.1, 0.15) is 40.6 Å². The number of rotatable bonds is 22. The molecule has 452 valence electrons. The fraction of sp³-hybridized carbons (Fsp3) is 0.100. The topological polar surface area (TPSA) is 68.3 Å². The smallest absolute Gasteiger partial charge is 0.120 e. The van der Waals surface area contributed by atoms with Crippen LogP contribution >= 0.6 is 0 Å². The Labute approximate surface area is 534 Å². The van der Waals surface area contributed by atoms with Gasteiger partial charge in [-0.3, -0.25) is 0 Å². The monoisotopic (exact) mass is 1200 g/mol. The molecule has 0 spiro atoms. The number of benzene rings is 12. The molecule has 0 saturated heterocycles. The number of nitrogens with zero attached hydrogens (tertiary/aromatic N) is 4. The first kappa shape index (κ1) is 60.0. The van der Waals surface area contributed by atoms with E-state index in [0.29, 0.717) is 0 Å². The van der Waals surface area contributed by atoms with Gasteiger partial charge in [-0.25, -0.2) is 0 Å². The second-order valence-electron chi connectivity index (χ2n) is 22.5. The number of hydrogen-bond acceptors (Lipinski definition) is 10. The Morgan fingerprint density at radius 1 is 0.198 bits per heavy atom. The van der Waals surface area contributed by atoms with Crippen molar-refractivity contribution < 1.29 is 28.4 Å². The third-order valence-corrected chi connectivity index (χ3v) is 17.0. The second-order valence-corrected chi connectivity index (χ2v) is 22.5. The van der Waals surface area contributed by atoms with E-state index in [1.165, 1.54) is 11.1 Å². The summed E-state index contributed by atoms with van der Waals surface area (Å²) >= 11 is 0. The van der Waals surface area contributed by atoms with E-state index in [9.17, 15) is 0 Å². The molecule has 0 heterocycles. The molecule has 0 aliphatic rings. The molecule has 0 saturated carbocycles. The molecule has 0 atom stereocenters. The highest BCUT2D eigenvalue weighted by molar-refractivity contribution is 7.20. The molecule has 91 heavy (non-hydrogen) atoms. The van der Waals surface area contributed by atoms with Gasteiger partial charge in [0.25, 0.3) is 0 Å². The first-order chi connectivity index (χ1) is 44.6. The van der Waals surface area contributed by atoms with E-state index in [0.717, 1.165) is 125 Å². The van der Waals surface area contributed by atoms with Crippen LogP contribution in [0.15, 0.2) is 291 Å². The number of methoxy groups -OCH3 is 6. The fourth-order valence-electron chi connectivity index (χ4n) is 12.6. The summed E-state index contributed by atoms with van der Waals surface area (Å²) in [6.07, 6.45) is -2.10. The predicted molar refractivity (Wildman–Crippen MR) is 378 cm³/mol. The third-order valence-electron chi connectivity index (χ3n) is 17.0. The molecule has 11 heteroatoms. The predicted octanol–water partition coefficient (Wildman–Crippen LogP) is 17.6. The Balaban J connectivity index is 1.12. The molecule has 0 aliphatic heterocycles. The molecule has 12 aromatic carbocycles. The van der Waals surface area contributed by atoms with Gasteiger partial charge in [0.15, 0.2) is 0 Å². The van der Waals surface area contributed by atoms with E-state index in [-0.39, 0.29) is 0 Å². The minimum absolute atomic E-state index is 0.746. The van der Waals surface area contributed by atoms with Gasteiger partial charge in [0, 0.05) is 105 Å². The van der Waals surface area contributed by atoms with E-state index in [4.69, 9.17) is 28.4 Å². The summed E-state index contributed by atoms with van der Waals surface area (Å²) in [6.45, 7) is 4.29. The summed E-state index contributed by atoms with van der Waals surface area (Å²) in [5, 5.41) is 0. The molecule has 0 amide bonds. The summed E-state index contributed by atoms with van der Waals surface area (Å²) in [7, 11) is 10.2. The van der Waals surface area contributed by atoms with Gasteiger partial charge in [-0.1, -0.05) is 109 Å². The zero-order valence-corrected chi connectivity index (χ0v) is 52.5. The lowest BCUT2D eigenvalue weighted by Crippen LogP contribution is -2.74. The molecule has 0 radical (unpaired) electrons. The van der Waals surface area contributed by atoms with Gasteiger partial charge in [0.2, 0.25) is 0 Å². The van der Waals surface area contributed by atoms with Gasteiger partial charge in [-0.2, -0.15) is 21.9 Å². The molecule has 0 aliphatic carbocycles. The van der Waals surface area contributed by atoms with Crippen molar-refractivity contribution in [1.29, 1.82) is 0 Å². The van der Waals surface area contributed by atoms with Gasteiger partial charge >= 0.3 is 0 Å². The van der Waals surface area contributed by atoms with Crippen LogP contribution < -0.4 is 69.9 Å². The SMILES string of the molecule is COc1cccc(N(c2ccc([B-](c3ccc(N(c4cccc(C)c4)c4cccc(C)c4)cc3)(c3ccc(N(c4cccc(OC)c4)c4cccc(OC)c4)cc3)c3ccc(N(c4cccc(OC)c4)c4cccc(OC)c4)cc3)cc2)c2cccc(OC)c2)c1. The minimum Gasteiger partial charge on any atom is -0.497 e. The Kier molecular flexibility index (Phi) is 17.8. The highest BCUT2D eigenvalue weighted by atomic mass is 16.5. The van der Waals surface area contributed by atoms with E-state index in [1.807, 2.05) is 72.8 Å². The number of ether oxygens (including phenoxy) is 6. The van der Waals surface area contributed by atoms with Crippen molar-refractivity contribution >= 4 is 96.2 Å². The lowest BCUT2D eigenvalue weighted by atomic mass is 9.13. The van der Waals surface area contributed by atoms with Gasteiger partial charge in [0.05, 0.1) is 42.7 Å². The maximum atomic E-state index is 5.82. The maximum absolute atomic E-state index is 5.82. The normalized spacial score (nSPS) is 11.1. The van der Waals surface area contributed by atoms with Crippen molar-refractivity contribution in [3.8, 4) is 34.5 Å². The fourth-order valence-corrected chi connectivity index (χ4v) is 12.6. The number of hydrogen-bond donors (Lipinski definition) is 0. The Hall–Kier alpha value is -11.3. The molecule has 12 rings (SSSR count). The summed E-state index contributed by atoms with van der Waals surface area (Å²) < 4.78 is 34.9. The minimum atomic E-state index is -2.10. The average Bonchev–Trinajstić information content (AvgIpc) is 1.27. The average molecular weight is 1200 g/mol. The van der Waals surface area contributed by atoms with Crippen LogP contribution in [0.25, 0.3) is 0 Å². The van der Waals surface area contributed by atoms with Crippen molar-refractivity contribution in [2.45, 2.75) is 13.8 Å². The molecular weight excluding hydrogens is 1120 g/mol. The molecule has 0 N–H and O–H groups in total. The van der Waals surface area contributed by atoms with Crippen LogP contribution in [0.1, 0.15) is 11.1 Å². The van der Waals surface area contributed by atoms with Crippen molar-refractivity contribution in [3.63, 3.8) is 0 Å². The summed E-state index contributed by atoms with van der Waals surface area (Å²) in [4.78, 5) is 9.07. The highest BCUT2D eigenvalue weighted by Gasteiger charge is 2.33. The van der Waals surface area contributed by atoms with Crippen molar-refractivity contribution in [1.82, 2.24) is 0 Å². The quantitative estimate of drug-likeness (QED) is 0.0613. The molecule has 0 unspecified atom stereocenters. The van der Waals surface area contributed by atoms with E-state index >= 15 is 0 Å². The lowest BCUT2D eigenvalue weighted by molar-refractivity contribution is 0.414. The molecule has 10 nitrogen and oxygen atoms in total. The third kappa shape index (κ3) is 12.5. The lowest BCUT2D eigenvalue weighted by Gasteiger charge is -2.45. The van der Waals surface area contributed by atoms with Gasteiger partial charge in [-0.05, 0) is 171 Å². The molecular formula is C80H72BN4O6-. The standard InChI is InChI=1S/C80H72BN4O6/c1-57-17-9-19-67(49-57)82(68-20-10-18-58(2)50-68)63-41-33-59(34-42-63)81(60-35-43-64(44-36-60)83(69-21-11-27-75(51-69)86-3)70-22-12-28-76(52-70)87-4,61-37-45-65(46-38-61)84(71-23-13-29-77(53-71)88-5)72-24-14-30-78(54-72)89-6)62-39-47-66(48-40-62)85(73-25-15-31-79(55-73)90-7)74-26-16-32-80(56-74)91-8/h9-56H,1-8H3/q-1. The van der Waals surface area contributed by atoms with Crippen molar-refractivity contribution in [3.05, 3.63) is 302 Å². The second kappa shape index (κ2) is 27.0. The largest absolute Gasteiger partial charge is 0.497 e. The Bertz CT molecular complexity index is 3920. The zero-order valence-electron chi connectivity index (χ0n) is 52.5. The summed E-state index contributed by atoms with van der Waals surface area (Å²) in [6, 6.07) is 103. The van der Waals surface area contributed by atoms with Crippen LogP contribution in [-0.2, 0) is 0 Å². The number of anilines is 12. The van der Waals surface area contributed by atoms with Crippen molar-refractivity contribution in [2.75, 3.05) is 62.3 Å². The maximum Gasteiger partial charge on any atom is 0.120 e. The van der Waals surface area contributed by atoms with E-state index in [2.05, 4.69) is 252 Å². The zero-order chi connectivity index (χ0) is 62.8. The van der Waals surface area contributed by atoms with Crippen LogP contribution in [-0.4, -0.2) is 48.8 Å². The van der Waals surface area contributed by atoms with Gasteiger partial charge < -0.3 is 48.0 Å². The van der Waals surface area contributed by atoms with Crippen LogP contribution in [0.5, 0.6) is 34.5 Å².